The second kappa shape index (κ2) is 5.33. The molecule has 0 aliphatic carbocycles. The van der Waals surface area contributed by atoms with E-state index in [4.69, 9.17) is 14.4 Å². The van der Waals surface area contributed by atoms with Crippen molar-refractivity contribution < 1.29 is 36.9 Å². The fourth-order valence-electron chi connectivity index (χ4n) is 1.40. The molecule has 19 heavy (non-hydrogen) atoms. The van der Waals surface area contributed by atoms with Crippen molar-refractivity contribution in [1.82, 2.24) is 0 Å². The fraction of sp³-hybridized carbons (Fsp3) is 0.300. The lowest BCUT2D eigenvalue weighted by molar-refractivity contribution is -0.138. The molecule has 0 saturated heterocycles. The van der Waals surface area contributed by atoms with Crippen LogP contribution >= 0.6 is 0 Å². The zero-order valence-electron chi connectivity index (χ0n) is 10.0. The molecule has 9 heteroatoms. The van der Waals surface area contributed by atoms with Crippen LogP contribution < -0.4 is 8.92 Å². The van der Waals surface area contributed by atoms with Crippen molar-refractivity contribution >= 4 is 16.4 Å². The lowest BCUT2D eigenvalue weighted by Crippen LogP contribution is -2.11. The van der Waals surface area contributed by atoms with E-state index in [-0.39, 0.29) is 11.3 Å². The summed E-state index contributed by atoms with van der Waals surface area (Å²) in [4.78, 5) is 10.9. The standard InChI is InChI=1S/C10H12O8S/c1-5(10(12)13)6-3-4-7(17-2)9(8(6)11)18-19(14,15)16/h3-5,11H,1-2H3,(H,12,13)(H,14,15,16). The van der Waals surface area contributed by atoms with Crippen molar-refractivity contribution in [1.29, 1.82) is 0 Å². The van der Waals surface area contributed by atoms with Gasteiger partial charge in [0.05, 0.1) is 13.0 Å². The quantitative estimate of drug-likeness (QED) is 0.678. The van der Waals surface area contributed by atoms with Gasteiger partial charge < -0.3 is 19.1 Å². The van der Waals surface area contributed by atoms with E-state index >= 15 is 0 Å². The third-order valence-corrected chi connectivity index (χ3v) is 2.75. The highest BCUT2D eigenvalue weighted by Crippen LogP contribution is 2.42. The molecule has 1 aromatic carbocycles. The van der Waals surface area contributed by atoms with Crippen LogP contribution in [0, 0.1) is 0 Å². The van der Waals surface area contributed by atoms with Crippen molar-refractivity contribution in [2.24, 2.45) is 0 Å². The molecule has 0 bridgehead atoms. The summed E-state index contributed by atoms with van der Waals surface area (Å²) in [5, 5.41) is 18.7. The summed E-state index contributed by atoms with van der Waals surface area (Å²) >= 11 is 0. The Bertz CT molecular complexity index is 592. The van der Waals surface area contributed by atoms with Crippen LogP contribution in [0.2, 0.25) is 0 Å². The van der Waals surface area contributed by atoms with Crippen molar-refractivity contribution in [3.8, 4) is 17.2 Å². The molecule has 8 nitrogen and oxygen atoms in total. The van der Waals surface area contributed by atoms with E-state index in [1.54, 1.807) is 0 Å². The number of hydrogen-bond acceptors (Lipinski definition) is 6. The van der Waals surface area contributed by atoms with Crippen LogP contribution in [-0.4, -0.2) is 36.3 Å². The molecule has 0 fully saturated rings. The van der Waals surface area contributed by atoms with Crippen LogP contribution in [0.4, 0.5) is 0 Å². The predicted molar refractivity (Wildman–Crippen MR) is 62.9 cm³/mol. The van der Waals surface area contributed by atoms with Gasteiger partial charge in [0.1, 0.15) is 0 Å². The number of rotatable bonds is 5. The summed E-state index contributed by atoms with van der Waals surface area (Å²) in [7, 11) is -3.70. The Kier molecular flexibility index (Phi) is 4.22. The zero-order valence-corrected chi connectivity index (χ0v) is 10.8. The molecule has 0 aromatic heterocycles. The molecule has 3 N–H and O–H groups in total. The number of phenolic OH excluding ortho intramolecular Hbond substituents is 1. The Labute approximate surface area is 109 Å². The molecule has 0 heterocycles. The molecule has 0 amide bonds. The van der Waals surface area contributed by atoms with Crippen molar-refractivity contribution in [2.45, 2.75) is 12.8 Å². The van der Waals surface area contributed by atoms with Gasteiger partial charge in [-0.25, -0.2) is 0 Å². The molecular formula is C10H12O8S. The van der Waals surface area contributed by atoms with E-state index in [1.807, 2.05) is 0 Å². The summed E-state index contributed by atoms with van der Waals surface area (Å²) in [6.07, 6.45) is 0. The number of ether oxygens (including phenoxy) is 1. The highest BCUT2D eigenvalue weighted by Gasteiger charge is 2.25. The number of phenols is 1. The van der Waals surface area contributed by atoms with Gasteiger partial charge in [0.15, 0.2) is 11.5 Å². The maximum Gasteiger partial charge on any atom is 0.446 e. The number of benzene rings is 1. The van der Waals surface area contributed by atoms with Crippen LogP contribution in [0.1, 0.15) is 18.4 Å². The predicted octanol–water partition coefficient (Wildman–Crippen LogP) is 0.770. The zero-order chi connectivity index (χ0) is 14.8. The average Bonchev–Trinajstić information content (AvgIpc) is 2.29. The summed E-state index contributed by atoms with van der Waals surface area (Å²) in [6.45, 7) is 1.29. The molecule has 0 radical (unpaired) electrons. The van der Waals surface area contributed by atoms with Crippen LogP contribution in [0.15, 0.2) is 12.1 Å². The molecule has 0 aliphatic rings. The maximum absolute atomic E-state index is 10.9. The molecule has 106 valence electrons. The molecule has 1 aromatic rings. The molecule has 1 atom stereocenters. The van der Waals surface area contributed by atoms with Gasteiger partial charge in [-0.05, 0) is 13.0 Å². The first-order chi connectivity index (χ1) is 8.67. The first-order valence-corrected chi connectivity index (χ1v) is 6.33. The molecule has 0 spiro atoms. The first-order valence-electron chi connectivity index (χ1n) is 4.97. The monoisotopic (exact) mass is 292 g/mol. The van der Waals surface area contributed by atoms with E-state index in [2.05, 4.69) is 4.18 Å². The van der Waals surface area contributed by atoms with Gasteiger partial charge in [-0.2, -0.15) is 8.42 Å². The summed E-state index contributed by atoms with van der Waals surface area (Å²) in [5.41, 5.74) is -0.0769. The van der Waals surface area contributed by atoms with Crippen molar-refractivity contribution in [3.05, 3.63) is 17.7 Å². The Balaban J connectivity index is 3.42. The minimum Gasteiger partial charge on any atom is -0.504 e. The van der Waals surface area contributed by atoms with E-state index in [0.717, 1.165) is 0 Å². The first kappa shape index (κ1) is 15.1. The van der Waals surface area contributed by atoms with Gasteiger partial charge in [0.25, 0.3) is 0 Å². The lowest BCUT2D eigenvalue weighted by atomic mass is 9.99. The number of carboxylic acids is 1. The smallest absolute Gasteiger partial charge is 0.446 e. The fourth-order valence-corrected chi connectivity index (χ4v) is 1.77. The molecular weight excluding hydrogens is 280 g/mol. The Morgan fingerprint density at radius 2 is 1.95 bits per heavy atom. The molecule has 0 aliphatic heterocycles. The molecule has 0 saturated carbocycles. The minimum absolute atomic E-state index is 0.0769. The van der Waals surface area contributed by atoms with Crippen LogP contribution in [0.3, 0.4) is 0 Å². The van der Waals surface area contributed by atoms with Crippen molar-refractivity contribution in [3.63, 3.8) is 0 Å². The maximum atomic E-state index is 10.9. The van der Waals surface area contributed by atoms with Crippen molar-refractivity contribution in [2.75, 3.05) is 7.11 Å². The number of carboxylic acid groups (broad SMARTS) is 1. The minimum atomic E-state index is -4.88. The second-order valence-corrected chi connectivity index (χ2v) is 4.63. The number of aliphatic carboxylic acids is 1. The van der Waals surface area contributed by atoms with Gasteiger partial charge >= 0.3 is 16.4 Å². The third kappa shape index (κ3) is 3.48. The third-order valence-electron chi connectivity index (χ3n) is 2.37. The topological polar surface area (TPSA) is 130 Å². The SMILES string of the molecule is COc1ccc(C(C)C(=O)O)c(O)c1OS(=O)(=O)O. The van der Waals surface area contributed by atoms with Gasteiger partial charge in [-0.3, -0.25) is 9.35 Å². The van der Waals surface area contributed by atoms with Gasteiger partial charge in [-0.15, -0.1) is 0 Å². The van der Waals surface area contributed by atoms with Gasteiger partial charge in [0, 0.05) is 5.56 Å². The van der Waals surface area contributed by atoms with Crippen LogP contribution in [-0.2, 0) is 15.2 Å². The average molecular weight is 292 g/mol. The summed E-state index contributed by atoms with van der Waals surface area (Å²) < 4.78 is 38.9. The highest BCUT2D eigenvalue weighted by atomic mass is 32.3. The van der Waals surface area contributed by atoms with Gasteiger partial charge in [0.2, 0.25) is 5.75 Å². The van der Waals surface area contributed by atoms with E-state index in [9.17, 15) is 18.3 Å². The summed E-state index contributed by atoms with van der Waals surface area (Å²) in [6, 6.07) is 2.47. The van der Waals surface area contributed by atoms with Crippen LogP contribution in [0.25, 0.3) is 0 Å². The van der Waals surface area contributed by atoms with E-state index < -0.39 is 33.8 Å². The normalized spacial score (nSPS) is 12.8. The Morgan fingerprint density at radius 1 is 1.37 bits per heavy atom. The Hall–Kier alpha value is -2.00. The largest absolute Gasteiger partial charge is 0.504 e. The Morgan fingerprint density at radius 3 is 2.37 bits per heavy atom. The number of methoxy groups -OCH3 is 1. The summed E-state index contributed by atoms with van der Waals surface area (Å²) in [5.74, 6) is -3.90. The van der Waals surface area contributed by atoms with E-state index in [1.165, 1.54) is 26.2 Å². The second-order valence-electron chi connectivity index (χ2n) is 3.61. The molecule has 1 unspecified atom stereocenters. The highest BCUT2D eigenvalue weighted by molar-refractivity contribution is 7.81. The van der Waals surface area contributed by atoms with E-state index in [0.29, 0.717) is 0 Å². The lowest BCUT2D eigenvalue weighted by Gasteiger charge is -2.14. The molecule has 1 rings (SSSR count). The number of carbonyl (C=O) groups is 1. The van der Waals surface area contributed by atoms with Gasteiger partial charge in [-0.1, -0.05) is 6.07 Å². The van der Waals surface area contributed by atoms with Crippen LogP contribution in [0.5, 0.6) is 17.2 Å². The number of hydrogen-bond donors (Lipinski definition) is 3. The number of aromatic hydroxyl groups is 1.